The van der Waals surface area contributed by atoms with E-state index in [2.05, 4.69) is 11.9 Å². The summed E-state index contributed by atoms with van der Waals surface area (Å²) in [6.07, 6.45) is 4.33. The Morgan fingerprint density at radius 2 is 2.47 bits per heavy atom. The molecule has 0 aliphatic heterocycles. The summed E-state index contributed by atoms with van der Waals surface area (Å²) in [7, 11) is 0. The number of nitrogens with zero attached hydrogens (tertiary/aromatic N) is 1. The normalized spacial score (nSPS) is 29.2. The molecule has 1 heterocycles. The molecule has 94 valence electrons. The maximum absolute atomic E-state index is 12.3. The summed E-state index contributed by atoms with van der Waals surface area (Å²) in [6.45, 7) is 4.13. The quantitative estimate of drug-likeness (QED) is 0.899. The first-order chi connectivity index (χ1) is 7.99. The molecular formula is C13H20N2OS. The molecule has 0 amide bonds. The van der Waals surface area contributed by atoms with Crippen LogP contribution in [0.3, 0.4) is 0 Å². The number of ketones is 1. The van der Waals surface area contributed by atoms with E-state index in [-0.39, 0.29) is 5.78 Å². The van der Waals surface area contributed by atoms with E-state index < -0.39 is 5.54 Å². The van der Waals surface area contributed by atoms with Crippen molar-refractivity contribution in [2.24, 2.45) is 11.7 Å². The summed E-state index contributed by atoms with van der Waals surface area (Å²) >= 11 is 1.55. The van der Waals surface area contributed by atoms with Gasteiger partial charge in [-0.25, -0.2) is 4.98 Å². The van der Waals surface area contributed by atoms with Gasteiger partial charge < -0.3 is 5.73 Å². The third-order valence-corrected chi connectivity index (χ3v) is 4.53. The average molecular weight is 252 g/mol. The molecule has 17 heavy (non-hydrogen) atoms. The van der Waals surface area contributed by atoms with Crippen LogP contribution in [0.4, 0.5) is 0 Å². The van der Waals surface area contributed by atoms with Gasteiger partial charge in [-0.2, -0.15) is 0 Å². The van der Waals surface area contributed by atoms with Crippen molar-refractivity contribution in [3.63, 3.8) is 0 Å². The summed E-state index contributed by atoms with van der Waals surface area (Å²) in [5.41, 5.74) is 6.66. The number of Topliss-reactive ketones (excluding diaryl/α,β-unsaturated/α-hetero) is 1. The smallest absolute Gasteiger partial charge is 0.159 e. The number of rotatable bonds is 3. The van der Waals surface area contributed by atoms with E-state index in [1.807, 2.05) is 12.3 Å². The molecule has 0 aromatic carbocycles. The number of aryl methyl sites for hydroxylation is 1. The summed E-state index contributed by atoms with van der Waals surface area (Å²) < 4.78 is 0. The van der Waals surface area contributed by atoms with Crippen molar-refractivity contribution in [1.82, 2.24) is 4.98 Å². The third kappa shape index (κ3) is 2.93. The largest absolute Gasteiger partial charge is 0.319 e. The van der Waals surface area contributed by atoms with Gasteiger partial charge in [-0.15, -0.1) is 11.3 Å². The Morgan fingerprint density at radius 1 is 1.71 bits per heavy atom. The second kappa shape index (κ2) is 4.86. The van der Waals surface area contributed by atoms with Crippen LogP contribution in [0.15, 0.2) is 5.38 Å². The minimum atomic E-state index is -0.600. The van der Waals surface area contributed by atoms with Crippen LogP contribution in [0.5, 0.6) is 0 Å². The van der Waals surface area contributed by atoms with Gasteiger partial charge >= 0.3 is 0 Å². The molecule has 0 saturated heterocycles. The minimum Gasteiger partial charge on any atom is -0.319 e. The third-order valence-electron chi connectivity index (χ3n) is 3.57. The van der Waals surface area contributed by atoms with Crippen molar-refractivity contribution in [3.05, 3.63) is 16.1 Å². The molecule has 0 radical (unpaired) electrons. The first-order valence-electron chi connectivity index (χ1n) is 6.23. The average Bonchev–Trinajstić information content (AvgIpc) is 2.63. The predicted octanol–water partition coefficient (Wildman–Crippen LogP) is 2.47. The summed E-state index contributed by atoms with van der Waals surface area (Å²) in [6, 6.07) is 0. The summed E-state index contributed by atoms with van der Waals surface area (Å²) in [5, 5.41) is 2.88. The van der Waals surface area contributed by atoms with Crippen LogP contribution in [-0.4, -0.2) is 16.3 Å². The van der Waals surface area contributed by atoms with Crippen molar-refractivity contribution >= 4 is 17.1 Å². The molecule has 2 rings (SSSR count). The fourth-order valence-corrected chi connectivity index (χ4v) is 3.41. The molecule has 1 aromatic rings. The van der Waals surface area contributed by atoms with E-state index >= 15 is 0 Å². The summed E-state index contributed by atoms with van der Waals surface area (Å²) in [5.74, 6) is 0.731. The van der Waals surface area contributed by atoms with E-state index in [4.69, 9.17) is 5.73 Å². The molecule has 0 bridgehead atoms. The van der Waals surface area contributed by atoms with Crippen molar-refractivity contribution in [1.29, 1.82) is 0 Å². The van der Waals surface area contributed by atoms with E-state index in [1.54, 1.807) is 11.3 Å². The van der Waals surface area contributed by atoms with E-state index in [1.165, 1.54) is 6.42 Å². The van der Waals surface area contributed by atoms with Gasteiger partial charge in [0, 0.05) is 11.1 Å². The van der Waals surface area contributed by atoms with Crippen LogP contribution in [0, 0.1) is 12.8 Å². The second-order valence-corrected chi connectivity index (χ2v) is 6.28. The molecule has 2 N–H and O–H groups in total. The number of nitrogens with two attached hydrogens (primary N) is 1. The van der Waals surface area contributed by atoms with Crippen LogP contribution in [0.1, 0.15) is 43.3 Å². The fourth-order valence-electron chi connectivity index (χ4n) is 2.64. The topological polar surface area (TPSA) is 56.0 Å². The monoisotopic (exact) mass is 252 g/mol. The lowest BCUT2D eigenvalue weighted by atomic mass is 9.74. The van der Waals surface area contributed by atoms with Crippen molar-refractivity contribution < 1.29 is 4.79 Å². The zero-order valence-corrected chi connectivity index (χ0v) is 11.3. The van der Waals surface area contributed by atoms with Gasteiger partial charge in [-0.3, -0.25) is 4.79 Å². The number of carbonyl (C=O) groups is 1. The minimum absolute atomic E-state index is 0.165. The lowest BCUT2D eigenvalue weighted by Gasteiger charge is -2.35. The van der Waals surface area contributed by atoms with Crippen molar-refractivity contribution in [3.8, 4) is 0 Å². The van der Waals surface area contributed by atoms with E-state index in [9.17, 15) is 4.79 Å². The molecule has 0 spiro atoms. The van der Waals surface area contributed by atoms with Crippen molar-refractivity contribution in [2.45, 2.75) is 51.5 Å². The van der Waals surface area contributed by atoms with Crippen LogP contribution in [0.2, 0.25) is 0 Å². The molecule has 1 aliphatic rings. The molecule has 1 fully saturated rings. The summed E-state index contributed by atoms with van der Waals surface area (Å²) in [4.78, 5) is 16.6. The molecule has 4 heteroatoms. The lowest BCUT2D eigenvalue weighted by Crippen LogP contribution is -2.51. The standard InChI is InChI=1S/C13H20N2OS/c1-9-4-3-5-13(14,7-9)11(16)6-12-15-10(2)8-17-12/h8-9H,3-7,14H2,1-2H3. The maximum atomic E-state index is 12.3. The van der Waals surface area contributed by atoms with Crippen LogP contribution in [-0.2, 0) is 11.2 Å². The first kappa shape index (κ1) is 12.7. The number of hydrogen-bond donors (Lipinski definition) is 1. The van der Waals surface area contributed by atoms with Gasteiger partial charge in [0.05, 0.1) is 12.0 Å². The highest BCUT2D eigenvalue weighted by molar-refractivity contribution is 7.09. The number of hydrogen-bond acceptors (Lipinski definition) is 4. The van der Waals surface area contributed by atoms with Crippen LogP contribution in [0.25, 0.3) is 0 Å². The van der Waals surface area contributed by atoms with Gasteiger partial charge in [-0.1, -0.05) is 19.8 Å². The number of aromatic nitrogens is 1. The fraction of sp³-hybridized carbons (Fsp3) is 0.692. The van der Waals surface area contributed by atoms with Gasteiger partial charge in [-0.05, 0) is 25.7 Å². The van der Waals surface area contributed by atoms with E-state index in [0.29, 0.717) is 12.3 Å². The Balaban J connectivity index is 2.03. The van der Waals surface area contributed by atoms with Crippen molar-refractivity contribution in [2.75, 3.05) is 0 Å². The molecule has 1 saturated carbocycles. The molecule has 3 nitrogen and oxygen atoms in total. The zero-order valence-electron chi connectivity index (χ0n) is 10.5. The molecule has 2 atom stereocenters. The lowest BCUT2D eigenvalue weighted by molar-refractivity contribution is -0.125. The molecule has 1 aliphatic carbocycles. The first-order valence-corrected chi connectivity index (χ1v) is 7.11. The number of carbonyl (C=O) groups excluding carboxylic acids is 1. The molecule has 1 aromatic heterocycles. The second-order valence-electron chi connectivity index (χ2n) is 5.34. The zero-order chi connectivity index (χ0) is 12.5. The van der Waals surface area contributed by atoms with E-state index in [0.717, 1.165) is 30.0 Å². The Morgan fingerprint density at radius 3 is 3.06 bits per heavy atom. The highest BCUT2D eigenvalue weighted by atomic mass is 32.1. The predicted molar refractivity (Wildman–Crippen MR) is 70.1 cm³/mol. The molecular weight excluding hydrogens is 232 g/mol. The van der Waals surface area contributed by atoms with Crippen LogP contribution >= 0.6 is 11.3 Å². The van der Waals surface area contributed by atoms with Crippen LogP contribution < -0.4 is 5.73 Å². The SMILES string of the molecule is Cc1csc(CC(=O)C2(N)CCCC(C)C2)n1. The Hall–Kier alpha value is -0.740. The Bertz CT molecular complexity index is 415. The van der Waals surface area contributed by atoms with Gasteiger partial charge in [0.15, 0.2) is 5.78 Å². The highest BCUT2D eigenvalue weighted by Crippen LogP contribution is 2.32. The Kier molecular flexibility index (Phi) is 3.64. The molecule has 2 unspecified atom stereocenters. The number of thiazole rings is 1. The highest BCUT2D eigenvalue weighted by Gasteiger charge is 2.37. The van der Waals surface area contributed by atoms with Gasteiger partial charge in [0.2, 0.25) is 0 Å². The Labute approximate surface area is 106 Å². The maximum Gasteiger partial charge on any atom is 0.159 e. The van der Waals surface area contributed by atoms with Gasteiger partial charge in [0.25, 0.3) is 0 Å². The van der Waals surface area contributed by atoms with Gasteiger partial charge in [0.1, 0.15) is 5.01 Å².